The second-order valence-corrected chi connectivity index (χ2v) is 4.11. The molecule has 96 valence electrons. The van der Waals surface area contributed by atoms with Crippen molar-refractivity contribution in [2.24, 2.45) is 0 Å². The first-order valence-corrected chi connectivity index (χ1v) is 6.35. The van der Waals surface area contributed by atoms with Crippen molar-refractivity contribution in [1.82, 2.24) is 25.1 Å². The summed E-state index contributed by atoms with van der Waals surface area (Å²) in [6.45, 7) is 5.92. The highest BCUT2D eigenvalue weighted by molar-refractivity contribution is 5.12. The fraction of sp³-hybridized carbons (Fsp3) is 0.462. The predicted octanol–water partition coefficient (Wildman–Crippen LogP) is 1.59. The molecule has 0 radical (unpaired) electrons. The lowest BCUT2D eigenvalue weighted by molar-refractivity contribution is 0.478. The molecule has 0 fully saturated rings. The summed E-state index contributed by atoms with van der Waals surface area (Å²) in [4.78, 5) is 8.52. The molecule has 0 bridgehead atoms. The molecule has 5 heteroatoms. The Kier molecular flexibility index (Phi) is 4.41. The first-order valence-electron chi connectivity index (χ1n) is 6.35. The van der Waals surface area contributed by atoms with E-state index in [9.17, 15) is 0 Å². The van der Waals surface area contributed by atoms with Gasteiger partial charge < -0.3 is 5.32 Å². The molecule has 2 aromatic rings. The Bertz CT molecular complexity index is 465. The van der Waals surface area contributed by atoms with Crippen molar-refractivity contribution >= 4 is 0 Å². The van der Waals surface area contributed by atoms with Crippen LogP contribution >= 0.6 is 0 Å². The van der Waals surface area contributed by atoms with Crippen LogP contribution in [0.4, 0.5) is 0 Å². The summed E-state index contributed by atoms with van der Waals surface area (Å²) in [6.07, 6.45) is 6.18. The number of hydrogen-bond donors (Lipinski definition) is 1. The van der Waals surface area contributed by atoms with E-state index < -0.39 is 0 Å². The minimum absolute atomic E-state index is 0.182. The standard InChI is InChI=1S/C13H19N5/c1-3-15-12(8-11-6-5-7-14-9-11)13-16-10-17-18(13)4-2/h5-7,9-10,12,15H,3-4,8H2,1-2H3. The topological polar surface area (TPSA) is 55.6 Å². The van der Waals surface area contributed by atoms with Crippen LogP contribution in [0.1, 0.15) is 31.3 Å². The number of rotatable bonds is 6. The summed E-state index contributed by atoms with van der Waals surface area (Å²) in [6, 6.07) is 4.23. The molecular formula is C13H19N5. The van der Waals surface area contributed by atoms with Crippen LogP contribution < -0.4 is 5.32 Å². The number of nitrogens with one attached hydrogen (secondary N) is 1. The SMILES string of the molecule is CCNC(Cc1cccnc1)c1ncnn1CC. The zero-order valence-electron chi connectivity index (χ0n) is 10.9. The molecule has 0 saturated heterocycles. The lowest BCUT2D eigenvalue weighted by Crippen LogP contribution is -2.26. The summed E-state index contributed by atoms with van der Waals surface area (Å²) < 4.78 is 1.93. The van der Waals surface area contributed by atoms with Gasteiger partial charge in [-0.2, -0.15) is 5.10 Å². The average Bonchev–Trinajstić information content (AvgIpc) is 2.87. The summed E-state index contributed by atoms with van der Waals surface area (Å²) in [7, 11) is 0. The molecule has 0 amide bonds. The highest BCUT2D eigenvalue weighted by atomic mass is 15.3. The van der Waals surface area contributed by atoms with Gasteiger partial charge >= 0.3 is 0 Å². The van der Waals surface area contributed by atoms with Gasteiger partial charge in [0.05, 0.1) is 6.04 Å². The van der Waals surface area contributed by atoms with Gasteiger partial charge in [0.15, 0.2) is 0 Å². The van der Waals surface area contributed by atoms with Crippen molar-refractivity contribution in [1.29, 1.82) is 0 Å². The summed E-state index contributed by atoms with van der Waals surface area (Å²) in [5.41, 5.74) is 1.20. The van der Waals surface area contributed by atoms with E-state index >= 15 is 0 Å². The predicted molar refractivity (Wildman–Crippen MR) is 70.1 cm³/mol. The Balaban J connectivity index is 2.18. The number of likely N-dealkylation sites (N-methyl/N-ethyl adjacent to an activating group) is 1. The minimum Gasteiger partial charge on any atom is -0.307 e. The lowest BCUT2D eigenvalue weighted by Gasteiger charge is -2.17. The van der Waals surface area contributed by atoms with Gasteiger partial charge in [-0.05, 0) is 31.5 Å². The molecule has 1 atom stereocenters. The fourth-order valence-corrected chi connectivity index (χ4v) is 2.04. The number of pyridine rings is 1. The van der Waals surface area contributed by atoms with E-state index in [1.807, 2.05) is 16.9 Å². The molecule has 2 heterocycles. The van der Waals surface area contributed by atoms with Crippen molar-refractivity contribution in [2.75, 3.05) is 6.54 Å². The summed E-state index contributed by atoms with van der Waals surface area (Å²) in [5, 5.41) is 7.69. The van der Waals surface area contributed by atoms with E-state index in [0.29, 0.717) is 0 Å². The monoisotopic (exact) mass is 245 g/mol. The molecule has 18 heavy (non-hydrogen) atoms. The van der Waals surface area contributed by atoms with Gasteiger partial charge in [0.1, 0.15) is 12.2 Å². The first-order chi connectivity index (χ1) is 8.85. The number of aromatic nitrogens is 4. The van der Waals surface area contributed by atoms with Crippen molar-refractivity contribution in [3.05, 3.63) is 42.2 Å². The van der Waals surface area contributed by atoms with E-state index in [0.717, 1.165) is 25.3 Å². The Morgan fingerprint density at radius 2 is 2.28 bits per heavy atom. The van der Waals surface area contributed by atoms with Crippen LogP contribution in [-0.2, 0) is 13.0 Å². The van der Waals surface area contributed by atoms with E-state index in [-0.39, 0.29) is 6.04 Å². The van der Waals surface area contributed by atoms with Crippen LogP contribution in [0.5, 0.6) is 0 Å². The summed E-state index contributed by atoms with van der Waals surface area (Å²) in [5.74, 6) is 0.989. The Morgan fingerprint density at radius 1 is 1.39 bits per heavy atom. The maximum Gasteiger partial charge on any atom is 0.144 e. The number of aryl methyl sites for hydroxylation is 1. The van der Waals surface area contributed by atoms with Gasteiger partial charge in [0.2, 0.25) is 0 Å². The quantitative estimate of drug-likeness (QED) is 0.839. The maximum absolute atomic E-state index is 4.37. The third-order valence-corrected chi connectivity index (χ3v) is 2.87. The van der Waals surface area contributed by atoms with E-state index in [1.165, 1.54) is 5.56 Å². The average molecular weight is 245 g/mol. The van der Waals surface area contributed by atoms with Crippen molar-refractivity contribution in [3.8, 4) is 0 Å². The second-order valence-electron chi connectivity index (χ2n) is 4.11. The van der Waals surface area contributed by atoms with E-state index in [1.54, 1.807) is 12.5 Å². The largest absolute Gasteiger partial charge is 0.307 e. The Hall–Kier alpha value is -1.75. The lowest BCUT2D eigenvalue weighted by atomic mass is 10.1. The number of hydrogen-bond acceptors (Lipinski definition) is 4. The molecule has 2 aromatic heterocycles. The van der Waals surface area contributed by atoms with Crippen molar-refractivity contribution < 1.29 is 0 Å². The van der Waals surface area contributed by atoms with E-state index in [4.69, 9.17) is 0 Å². The molecule has 1 unspecified atom stereocenters. The second kappa shape index (κ2) is 6.26. The first kappa shape index (κ1) is 12.7. The molecule has 0 aromatic carbocycles. The van der Waals surface area contributed by atoms with Gasteiger partial charge in [-0.15, -0.1) is 0 Å². The third-order valence-electron chi connectivity index (χ3n) is 2.87. The Labute approximate surface area is 107 Å². The van der Waals surface area contributed by atoms with Gasteiger partial charge in [-0.3, -0.25) is 4.98 Å². The third kappa shape index (κ3) is 2.92. The van der Waals surface area contributed by atoms with Crippen LogP contribution in [0.25, 0.3) is 0 Å². The van der Waals surface area contributed by atoms with Gasteiger partial charge in [-0.1, -0.05) is 13.0 Å². The van der Waals surface area contributed by atoms with Gasteiger partial charge in [0, 0.05) is 18.9 Å². The normalized spacial score (nSPS) is 12.6. The van der Waals surface area contributed by atoms with Crippen molar-refractivity contribution in [2.45, 2.75) is 32.9 Å². The molecule has 0 saturated carbocycles. The molecule has 0 aliphatic rings. The molecule has 0 aliphatic carbocycles. The summed E-state index contributed by atoms with van der Waals surface area (Å²) >= 11 is 0. The van der Waals surface area contributed by atoms with Crippen LogP contribution in [-0.4, -0.2) is 26.3 Å². The highest BCUT2D eigenvalue weighted by Crippen LogP contribution is 2.15. The maximum atomic E-state index is 4.37. The molecule has 5 nitrogen and oxygen atoms in total. The van der Waals surface area contributed by atoms with Crippen LogP contribution in [0.2, 0.25) is 0 Å². The molecule has 0 aliphatic heterocycles. The van der Waals surface area contributed by atoms with Crippen LogP contribution in [0.15, 0.2) is 30.9 Å². The smallest absolute Gasteiger partial charge is 0.144 e. The van der Waals surface area contributed by atoms with Gasteiger partial charge in [0.25, 0.3) is 0 Å². The van der Waals surface area contributed by atoms with Crippen LogP contribution in [0, 0.1) is 0 Å². The zero-order valence-corrected chi connectivity index (χ0v) is 10.9. The van der Waals surface area contributed by atoms with Gasteiger partial charge in [-0.25, -0.2) is 9.67 Å². The Morgan fingerprint density at radius 3 is 2.94 bits per heavy atom. The zero-order chi connectivity index (χ0) is 12.8. The molecule has 2 rings (SSSR count). The van der Waals surface area contributed by atoms with E-state index in [2.05, 4.69) is 40.3 Å². The number of nitrogens with zero attached hydrogens (tertiary/aromatic N) is 4. The fourth-order valence-electron chi connectivity index (χ4n) is 2.04. The van der Waals surface area contributed by atoms with Crippen LogP contribution in [0.3, 0.4) is 0 Å². The minimum atomic E-state index is 0.182. The molecular weight excluding hydrogens is 226 g/mol. The van der Waals surface area contributed by atoms with Crippen molar-refractivity contribution in [3.63, 3.8) is 0 Å². The molecule has 0 spiro atoms. The highest BCUT2D eigenvalue weighted by Gasteiger charge is 2.16. The molecule has 1 N–H and O–H groups in total.